The van der Waals surface area contributed by atoms with Crippen molar-refractivity contribution in [3.63, 3.8) is 0 Å². The van der Waals surface area contributed by atoms with E-state index in [9.17, 15) is 4.79 Å². The number of carbonyl (C=O) groups is 1. The van der Waals surface area contributed by atoms with Crippen molar-refractivity contribution in [1.29, 1.82) is 0 Å². The summed E-state index contributed by atoms with van der Waals surface area (Å²) in [6.07, 6.45) is 7.98. The summed E-state index contributed by atoms with van der Waals surface area (Å²) in [7, 11) is 0. The number of primary amides is 1. The summed E-state index contributed by atoms with van der Waals surface area (Å²) < 4.78 is 0. The Labute approximate surface area is 98.1 Å². The summed E-state index contributed by atoms with van der Waals surface area (Å²) >= 11 is 0. The van der Waals surface area contributed by atoms with Crippen LogP contribution in [0, 0.1) is 5.92 Å². The molecule has 0 saturated heterocycles. The summed E-state index contributed by atoms with van der Waals surface area (Å²) in [4.78, 5) is 10.8. The Hall–Kier alpha value is -0.610. The predicted octanol–water partition coefficient (Wildman–Crippen LogP) is 0.747. The molecule has 0 aliphatic heterocycles. The van der Waals surface area contributed by atoms with Crippen LogP contribution in [0.25, 0.3) is 0 Å². The SMILES string of the molecule is C[C@H](NCC(N)C(N)=O)C1CCCCCC1. The lowest BCUT2D eigenvalue weighted by Crippen LogP contribution is -2.47. The lowest BCUT2D eigenvalue weighted by molar-refractivity contribution is -0.119. The van der Waals surface area contributed by atoms with Crippen molar-refractivity contribution < 1.29 is 4.79 Å². The van der Waals surface area contributed by atoms with E-state index in [4.69, 9.17) is 11.5 Å². The molecule has 4 nitrogen and oxygen atoms in total. The fraction of sp³-hybridized carbons (Fsp3) is 0.917. The van der Waals surface area contributed by atoms with Gasteiger partial charge in [0.2, 0.25) is 5.91 Å². The minimum Gasteiger partial charge on any atom is -0.368 e. The first-order valence-electron chi connectivity index (χ1n) is 6.39. The van der Waals surface area contributed by atoms with E-state index in [1.54, 1.807) is 0 Å². The fourth-order valence-electron chi connectivity index (χ4n) is 2.39. The van der Waals surface area contributed by atoms with Crippen LogP contribution in [0.2, 0.25) is 0 Å². The smallest absolute Gasteiger partial charge is 0.235 e. The zero-order valence-electron chi connectivity index (χ0n) is 10.2. The van der Waals surface area contributed by atoms with Gasteiger partial charge in [-0.25, -0.2) is 0 Å². The second-order valence-electron chi connectivity index (χ2n) is 4.96. The molecule has 1 amide bonds. The first-order valence-corrected chi connectivity index (χ1v) is 6.39. The van der Waals surface area contributed by atoms with Crippen LogP contribution in [-0.2, 0) is 4.79 Å². The highest BCUT2D eigenvalue weighted by atomic mass is 16.1. The van der Waals surface area contributed by atoms with Crippen molar-refractivity contribution >= 4 is 5.91 Å². The standard InChI is InChI=1S/C12H25N3O/c1-9(15-8-11(13)12(14)16)10-6-4-2-3-5-7-10/h9-11,15H,2-8,13H2,1H3,(H2,14,16)/t9-,11?/m0/s1. The van der Waals surface area contributed by atoms with Crippen molar-refractivity contribution in [3.8, 4) is 0 Å². The Morgan fingerprint density at radius 2 is 1.88 bits per heavy atom. The third-order valence-electron chi connectivity index (χ3n) is 3.63. The van der Waals surface area contributed by atoms with Crippen molar-refractivity contribution in [3.05, 3.63) is 0 Å². The van der Waals surface area contributed by atoms with E-state index < -0.39 is 11.9 Å². The molecule has 0 aromatic carbocycles. The second-order valence-corrected chi connectivity index (χ2v) is 4.96. The third-order valence-corrected chi connectivity index (χ3v) is 3.63. The monoisotopic (exact) mass is 227 g/mol. The molecule has 0 aromatic rings. The average molecular weight is 227 g/mol. The van der Waals surface area contributed by atoms with Crippen LogP contribution in [0.1, 0.15) is 45.4 Å². The molecule has 0 aromatic heterocycles. The second kappa shape index (κ2) is 6.86. The van der Waals surface area contributed by atoms with E-state index in [0.29, 0.717) is 12.6 Å². The van der Waals surface area contributed by atoms with Gasteiger partial charge in [-0.3, -0.25) is 4.79 Å². The largest absolute Gasteiger partial charge is 0.368 e. The topological polar surface area (TPSA) is 81.1 Å². The van der Waals surface area contributed by atoms with Crippen LogP contribution in [0.4, 0.5) is 0 Å². The van der Waals surface area contributed by atoms with E-state index in [-0.39, 0.29) is 0 Å². The molecule has 4 heteroatoms. The number of nitrogens with one attached hydrogen (secondary N) is 1. The maximum Gasteiger partial charge on any atom is 0.235 e. The summed E-state index contributed by atoms with van der Waals surface area (Å²) in [6.45, 7) is 2.68. The molecule has 0 spiro atoms. The van der Waals surface area contributed by atoms with Gasteiger partial charge in [-0.15, -0.1) is 0 Å². The van der Waals surface area contributed by atoms with Crippen molar-refractivity contribution in [2.75, 3.05) is 6.54 Å². The van der Waals surface area contributed by atoms with E-state index in [1.165, 1.54) is 38.5 Å². The van der Waals surface area contributed by atoms with Crippen molar-refractivity contribution in [2.45, 2.75) is 57.5 Å². The molecule has 1 rings (SSSR count). The Morgan fingerprint density at radius 3 is 2.38 bits per heavy atom. The summed E-state index contributed by atoms with van der Waals surface area (Å²) in [6, 6.07) is -0.128. The molecule has 1 unspecified atom stereocenters. The molecule has 1 fully saturated rings. The Kier molecular flexibility index (Phi) is 5.77. The Bertz CT molecular complexity index is 212. The molecule has 16 heavy (non-hydrogen) atoms. The van der Waals surface area contributed by atoms with E-state index in [1.807, 2.05) is 0 Å². The van der Waals surface area contributed by atoms with Crippen LogP contribution in [0.5, 0.6) is 0 Å². The van der Waals surface area contributed by atoms with E-state index in [0.717, 1.165) is 5.92 Å². The lowest BCUT2D eigenvalue weighted by atomic mass is 9.93. The quantitative estimate of drug-likeness (QED) is 0.606. The molecule has 0 heterocycles. The number of nitrogens with two attached hydrogens (primary N) is 2. The highest BCUT2D eigenvalue weighted by molar-refractivity contribution is 5.79. The molecule has 1 saturated carbocycles. The van der Waals surface area contributed by atoms with Gasteiger partial charge in [0.25, 0.3) is 0 Å². The molecule has 94 valence electrons. The fourth-order valence-corrected chi connectivity index (χ4v) is 2.39. The third kappa shape index (κ3) is 4.49. The molecular formula is C12H25N3O. The van der Waals surface area contributed by atoms with Gasteiger partial charge in [0.05, 0.1) is 6.04 Å². The van der Waals surface area contributed by atoms with Gasteiger partial charge in [0.1, 0.15) is 0 Å². The van der Waals surface area contributed by atoms with Gasteiger partial charge < -0.3 is 16.8 Å². The van der Waals surface area contributed by atoms with Crippen molar-refractivity contribution in [2.24, 2.45) is 17.4 Å². The van der Waals surface area contributed by atoms with Crippen LogP contribution < -0.4 is 16.8 Å². The minimum absolute atomic E-state index is 0.430. The molecule has 5 N–H and O–H groups in total. The number of hydrogen-bond donors (Lipinski definition) is 3. The van der Waals surface area contributed by atoms with Gasteiger partial charge in [-0.1, -0.05) is 25.7 Å². The Morgan fingerprint density at radius 1 is 1.31 bits per heavy atom. The lowest BCUT2D eigenvalue weighted by Gasteiger charge is -2.24. The van der Waals surface area contributed by atoms with Gasteiger partial charge >= 0.3 is 0 Å². The van der Waals surface area contributed by atoms with Gasteiger partial charge in [-0.05, 0) is 25.7 Å². The maximum absolute atomic E-state index is 10.8. The van der Waals surface area contributed by atoms with Crippen LogP contribution in [0.3, 0.4) is 0 Å². The number of amides is 1. The van der Waals surface area contributed by atoms with Crippen LogP contribution in [0.15, 0.2) is 0 Å². The number of hydrogen-bond acceptors (Lipinski definition) is 3. The molecular weight excluding hydrogens is 202 g/mol. The van der Waals surface area contributed by atoms with Crippen molar-refractivity contribution in [1.82, 2.24) is 5.32 Å². The highest BCUT2D eigenvalue weighted by Crippen LogP contribution is 2.25. The predicted molar refractivity (Wildman–Crippen MR) is 65.8 cm³/mol. The minimum atomic E-state index is -0.562. The zero-order chi connectivity index (χ0) is 12.0. The molecule has 0 bridgehead atoms. The first-order chi connectivity index (χ1) is 7.61. The average Bonchev–Trinajstić information content (AvgIpc) is 2.53. The molecule has 2 atom stereocenters. The Balaban J connectivity index is 2.27. The van der Waals surface area contributed by atoms with Gasteiger partial charge in [0, 0.05) is 12.6 Å². The normalized spacial score (nSPS) is 22.4. The maximum atomic E-state index is 10.8. The van der Waals surface area contributed by atoms with Crippen LogP contribution >= 0.6 is 0 Å². The summed E-state index contributed by atoms with van der Waals surface area (Å²) in [5, 5.41) is 3.34. The summed E-state index contributed by atoms with van der Waals surface area (Å²) in [5.74, 6) is 0.295. The van der Waals surface area contributed by atoms with Crippen LogP contribution in [-0.4, -0.2) is 24.5 Å². The zero-order valence-corrected chi connectivity index (χ0v) is 10.2. The number of rotatable bonds is 5. The first kappa shape index (κ1) is 13.5. The highest BCUT2D eigenvalue weighted by Gasteiger charge is 2.19. The van der Waals surface area contributed by atoms with Gasteiger partial charge in [-0.2, -0.15) is 0 Å². The molecule has 1 aliphatic carbocycles. The van der Waals surface area contributed by atoms with Gasteiger partial charge in [0.15, 0.2) is 0 Å². The van der Waals surface area contributed by atoms with E-state index in [2.05, 4.69) is 12.2 Å². The van der Waals surface area contributed by atoms with E-state index >= 15 is 0 Å². The molecule has 0 radical (unpaired) electrons. The summed E-state index contributed by atoms with van der Waals surface area (Å²) in [5.41, 5.74) is 10.7. The molecule has 1 aliphatic rings. The number of carbonyl (C=O) groups excluding carboxylic acids is 1.